The largest absolute Gasteiger partial charge is 0.292 e. The number of hydrogen-bond donors (Lipinski definition) is 0. The van der Waals surface area contributed by atoms with Crippen LogP contribution >= 0.6 is 15.9 Å². The Kier molecular flexibility index (Phi) is 3.66. The standard InChI is InChI=1S/C11H11BrF2N2/c12-10-3-4-15-11(14)9(10)7-16-5-1-2-8(13)6-16/h2-4H,1,5-7H2. The first-order valence-corrected chi connectivity index (χ1v) is 5.82. The molecule has 1 aromatic heterocycles. The van der Waals surface area contributed by atoms with Gasteiger partial charge in [0.25, 0.3) is 0 Å². The van der Waals surface area contributed by atoms with E-state index < -0.39 is 5.95 Å². The molecule has 0 spiro atoms. The van der Waals surface area contributed by atoms with Crippen molar-refractivity contribution in [3.8, 4) is 0 Å². The molecular formula is C11H11BrF2N2. The molecule has 1 aliphatic rings. The summed E-state index contributed by atoms with van der Waals surface area (Å²) in [5.74, 6) is -0.643. The zero-order chi connectivity index (χ0) is 11.5. The first-order valence-electron chi connectivity index (χ1n) is 5.02. The molecule has 2 heterocycles. The van der Waals surface area contributed by atoms with Gasteiger partial charge in [-0.25, -0.2) is 9.37 Å². The van der Waals surface area contributed by atoms with Crippen molar-refractivity contribution in [2.75, 3.05) is 13.1 Å². The molecule has 0 aliphatic carbocycles. The third kappa shape index (κ3) is 2.65. The highest BCUT2D eigenvalue weighted by molar-refractivity contribution is 9.10. The smallest absolute Gasteiger partial charge is 0.218 e. The summed E-state index contributed by atoms with van der Waals surface area (Å²) in [6.45, 7) is 1.37. The minimum absolute atomic E-state index is 0.147. The Hall–Kier alpha value is -0.810. The maximum Gasteiger partial charge on any atom is 0.218 e. The summed E-state index contributed by atoms with van der Waals surface area (Å²) in [7, 11) is 0. The Balaban J connectivity index is 2.12. The van der Waals surface area contributed by atoms with Crippen LogP contribution in [-0.2, 0) is 6.54 Å². The molecule has 16 heavy (non-hydrogen) atoms. The van der Waals surface area contributed by atoms with E-state index in [-0.39, 0.29) is 12.4 Å². The maximum absolute atomic E-state index is 13.4. The first kappa shape index (κ1) is 11.7. The average molecular weight is 289 g/mol. The lowest BCUT2D eigenvalue weighted by molar-refractivity contribution is 0.254. The summed E-state index contributed by atoms with van der Waals surface area (Å²) < 4.78 is 27.1. The van der Waals surface area contributed by atoms with Gasteiger partial charge in [0.15, 0.2) is 0 Å². The van der Waals surface area contributed by atoms with Crippen molar-refractivity contribution < 1.29 is 8.78 Å². The molecule has 1 aromatic rings. The maximum atomic E-state index is 13.4. The second-order valence-electron chi connectivity index (χ2n) is 3.71. The van der Waals surface area contributed by atoms with E-state index in [0.29, 0.717) is 23.0 Å². The third-order valence-corrected chi connectivity index (χ3v) is 3.26. The Morgan fingerprint density at radius 2 is 2.25 bits per heavy atom. The van der Waals surface area contributed by atoms with Crippen LogP contribution in [0.15, 0.2) is 28.6 Å². The lowest BCUT2D eigenvalue weighted by Crippen LogP contribution is -2.29. The first-order chi connectivity index (χ1) is 7.66. The highest BCUT2D eigenvalue weighted by Gasteiger charge is 2.16. The van der Waals surface area contributed by atoms with E-state index in [2.05, 4.69) is 20.9 Å². The molecular weight excluding hydrogens is 278 g/mol. The molecule has 0 bridgehead atoms. The molecule has 86 valence electrons. The van der Waals surface area contributed by atoms with Crippen molar-refractivity contribution in [1.82, 2.24) is 9.88 Å². The van der Waals surface area contributed by atoms with Crippen LogP contribution in [0.5, 0.6) is 0 Å². The molecule has 0 saturated carbocycles. The number of nitrogens with zero attached hydrogens (tertiary/aromatic N) is 2. The highest BCUT2D eigenvalue weighted by atomic mass is 79.9. The van der Waals surface area contributed by atoms with E-state index in [1.165, 1.54) is 6.20 Å². The second-order valence-corrected chi connectivity index (χ2v) is 4.57. The van der Waals surface area contributed by atoms with Crippen molar-refractivity contribution in [3.05, 3.63) is 40.1 Å². The number of halogens is 3. The molecule has 0 unspecified atom stereocenters. The monoisotopic (exact) mass is 288 g/mol. The van der Waals surface area contributed by atoms with Crippen molar-refractivity contribution in [1.29, 1.82) is 0 Å². The predicted molar refractivity (Wildman–Crippen MR) is 61.0 cm³/mol. The summed E-state index contributed by atoms with van der Waals surface area (Å²) in [6, 6.07) is 1.69. The van der Waals surface area contributed by atoms with Crippen LogP contribution < -0.4 is 0 Å². The fourth-order valence-electron chi connectivity index (χ4n) is 1.71. The van der Waals surface area contributed by atoms with E-state index in [9.17, 15) is 8.78 Å². The lowest BCUT2D eigenvalue weighted by Gasteiger charge is -2.24. The lowest BCUT2D eigenvalue weighted by atomic mass is 10.2. The fourth-order valence-corrected chi connectivity index (χ4v) is 2.11. The van der Waals surface area contributed by atoms with Crippen molar-refractivity contribution in [2.24, 2.45) is 0 Å². The summed E-state index contributed by atoms with van der Waals surface area (Å²) in [5.41, 5.74) is 0.484. The van der Waals surface area contributed by atoms with Crippen LogP contribution in [0, 0.1) is 5.95 Å². The number of pyridine rings is 1. The molecule has 0 saturated heterocycles. The van der Waals surface area contributed by atoms with E-state index in [1.54, 1.807) is 12.1 Å². The van der Waals surface area contributed by atoms with Gasteiger partial charge in [0.1, 0.15) is 5.83 Å². The quantitative estimate of drug-likeness (QED) is 0.778. The average Bonchev–Trinajstić information content (AvgIpc) is 2.24. The van der Waals surface area contributed by atoms with Crippen LogP contribution in [0.2, 0.25) is 0 Å². The van der Waals surface area contributed by atoms with Crippen molar-refractivity contribution in [3.63, 3.8) is 0 Å². The molecule has 0 radical (unpaired) electrons. The zero-order valence-corrected chi connectivity index (χ0v) is 10.2. The number of aromatic nitrogens is 1. The summed E-state index contributed by atoms with van der Waals surface area (Å²) in [5, 5.41) is 0. The molecule has 0 fully saturated rings. The van der Waals surface area contributed by atoms with Gasteiger partial charge < -0.3 is 0 Å². The van der Waals surface area contributed by atoms with E-state index >= 15 is 0 Å². The van der Waals surface area contributed by atoms with Gasteiger partial charge in [-0.05, 0) is 12.5 Å². The van der Waals surface area contributed by atoms with E-state index in [1.807, 2.05) is 4.90 Å². The Labute approximate surface area is 101 Å². The Morgan fingerprint density at radius 1 is 1.44 bits per heavy atom. The predicted octanol–water partition coefficient (Wildman–Crippen LogP) is 3.04. The molecule has 0 N–H and O–H groups in total. The highest BCUT2D eigenvalue weighted by Crippen LogP contribution is 2.21. The number of hydrogen-bond acceptors (Lipinski definition) is 2. The van der Waals surface area contributed by atoms with Gasteiger partial charge >= 0.3 is 0 Å². The van der Waals surface area contributed by atoms with E-state index in [4.69, 9.17) is 0 Å². The zero-order valence-electron chi connectivity index (χ0n) is 8.59. The summed E-state index contributed by atoms with van der Waals surface area (Å²) >= 11 is 3.27. The van der Waals surface area contributed by atoms with Gasteiger partial charge in [0.05, 0.1) is 6.54 Å². The Morgan fingerprint density at radius 3 is 2.94 bits per heavy atom. The molecule has 2 rings (SSSR count). The van der Waals surface area contributed by atoms with Crippen LogP contribution in [-0.4, -0.2) is 23.0 Å². The SMILES string of the molecule is FC1=CCCN(Cc2c(Br)ccnc2F)C1. The number of rotatable bonds is 2. The summed E-state index contributed by atoms with van der Waals surface area (Å²) in [4.78, 5) is 5.45. The minimum atomic E-state index is -0.496. The van der Waals surface area contributed by atoms with Gasteiger partial charge in [-0.1, -0.05) is 22.0 Å². The van der Waals surface area contributed by atoms with Crippen molar-refractivity contribution >= 4 is 15.9 Å². The van der Waals surface area contributed by atoms with Crippen LogP contribution in [0.1, 0.15) is 12.0 Å². The summed E-state index contributed by atoms with van der Waals surface area (Å²) in [6.07, 6.45) is 3.65. The van der Waals surface area contributed by atoms with Crippen LogP contribution in [0.4, 0.5) is 8.78 Å². The molecule has 0 atom stereocenters. The molecule has 0 amide bonds. The van der Waals surface area contributed by atoms with Gasteiger partial charge in [-0.15, -0.1) is 0 Å². The van der Waals surface area contributed by atoms with Crippen LogP contribution in [0.3, 0.4) is 0 Å². The van der Waals surface area contributed by atoms with Crippen molar-refractivity contribution in [2.45, 2.75) is 13.0 Å². The normalized spacial score (nSPS) is 17.3. The third-order valence-electron chi connectivity index (χ3n) is 2.51. The molecule has 2 nitrogen and oxygen atoms in total. The molecule has 5 heteroatoms. The topological polar surface area (TPSA) is 16.1 Å². The second kappa shape index (κ2) is 5.01. The van der Waals surface area contributed by atoms with Gasteiger partial charge in [0, 0.05) is 29.3 Å². The van der Waals surface area contributed by atoms with Gasteiger partial charge in [-0.2, -0.15) is 4.39 Å². The van der Waals surface area contributed by atoms with Crippen LogP contribution in [0.25, 0.3) is 0 Å². The van der Waals surface area contributed by atoms with Gasteiger partial charge in [0.2, 0.25) is 5.95 Å². The molecule has 0 aromatic carbocycles. The fraction of sp³-hybridized carbons (Fsp3) is 0.364. The minimum Gasteiger partial charge on any atom is -0.292 e. The molecule has 1 aliphatic heterocycles. The van der Waals surface area contributed by atoms with E-state index in [0.717, 1.165) is 6.54 Å². The van der Waals surface area contributed by atoms with Gasteiger partial charge in [-0.3, -0.25) is 4.90 Å². The Bertz CT molecular complexity index is 400.